The van der Waals surface area contributed by atoms with Gasteiger partial charge in [-0.1, -0.05) is 19.0 Å². The van der Waals surface area contributed by atoms with Crippen LogP contribution in [0, 0.1) is 13.8 Å². The normalized spacial score (nSPS) is 23.1. The largest absolute Gasteiger partial charge is 0.361 e. The quantitative estimate of drug-likeness (QED) is 0.913. The fraction of sp³-hybridized carbons (Fsp3) is 0.733. The average Bonchev–Trinajstić information content (AvgIpc) is 2.78. The molecule has 1 fully saturated rings. The molecule has 1 amide bonds. The molecule has 0 bridgehead atoms. The van der Waals surface area contributed by atoms with Crippen LogP contribution < -0.4 is 5.32 Å². The van der Waals surface area contributed by atoms with E-state index >= 15 is 0 Å². The predicted molar refractivity (Wildman–Crippen MR) is 77.6 cm³/mol. The van der Waals surface area contributed by atoms with Crippen LogP contribution in [0.25, 0.3) is 0 Å². The van der Waals surface area contributed by atoms with Crippen molar-refractivity contribution in [3.63, 3.8) is 0 Å². The van der Waals surface area contributed by atoms with Crippen LogP contribution in [0.4, 0.5) is 0 Å². The first-order chi connectivity index (χ1) is 9.56. The number of carbonyl (C=O) groups excluding carboxylic acids is 1. The van der Waals surface area contributed by atoms with E-state index in [9.17, 15) is 4.79 Å². The van der Waals surface area contributed by atoms with E-state index in [1.165, 1.54) is 0 Å². The average molecular weight is 279 g/mol. The Kier molecular flexibility index (Phi) is 4.81. The Labute approximate surface area is 120 Å². The van der Waals surface area contributed by atoms with E-state index in [1.54, 1.807) is 0 Å². The molecule has 0 spiro atoms. The summed E-state index contributed by atoms with van der Waals surface area (Å²) in [5.41, 5.74) is 1.77. The Morgan fingerprint density at radius 1 is 1.40 bits per heavy atom. The van der Waals surface area contributed by atoms with Gasteiger partial charge in [-0.15, -0.1) is 0 Å². The maximum atomic E-state index is 12.6. The van der Waals surface area contributed by atoms with Gasteiger partial charge in [0.25, 0.3) is 0 Å². The van der Waals surface area contributed by atoms with Crippen LogP contribution in [0.3, 0.4) is 0 Å². The first kappa shape index (κ1) is 15.0. The van der Waals surface area contributed by atoms with Gasteiger partial charge in [-0.3, -0.25) is 4.79 Å². The molecule has 1 aromatic heterocycles. The zero-order chi connectivity index (χ0) is 14.7. The Balaban J connectivity index is 2.09. The standard InChI is InChI=1S/C15H25N3O2/c1-5-12-9-18(13(6-2)8-16-12)15(19)7-14-10(3)17-20-11(14)4/h12-13,16H,5-9H2,1-4H3. The highest BCUT2D eigenvalue weighted by molar-refractivity contribution is 5.79. The smallest absolute Gasteiger partial charge is 0.227 e. The summed E-state index contributed by atoms with van der Waals surface area (Å²) in [6.07, 6.45) is 2.43. The van der Waals surface area contributed by atoms with E-state index in [-0.39, 0.29) is 5.91 Å². The summed E-state index contributed by atoms with van der Waals surface area (Å²) in [6, 6.07) is 0.706. The second-order valence-corrected chi connectivity index (χ2v) is 5.60. The molecular formula is C15H25N3O2. The van der Waals surface area contributed by atoms with Crippen molar-refractivity contribution in [1.29, 1.82) is 0 Å². The number of carbonyl (C=O) groups is 1. The molecule has 1 aliphatic rings. The molecule has 0 radical (unpaired) electrons. The monoisotopic (exact) mass is 279 g/mol. The summed E-state index contributed by atoms with van der Waals surface area (Å²) >= 11 is 0. The summed E-state index contributed by atoms with van der Waals surface area (Å²) in [4.78, 5) is 14.7. The lowest BCUT2D eigenvalue weighted by molar-refractivity contribution is -0.134. The zero-order valence-corrected chi connectivity index (χ0v) is 12.9. The van der Waals surface area contributed by atoms with Crippen LogP contribution in [0.5, 0.6) is 0 Å². The van der Waals surface area contributed by atoms with Gasteiger partial charge in [0, 0.05) is 30.7 Å². The Hall–Kier alpha value is -1.36. The molecule has 1 N–H and O–H groups in total. The van der Waals surface area contributed by atoms with E-state index in [4.69, 9.17) is 4.52 Å². The minimum Gasteiger partial charge on any atom is -0.361 e. The van der Waals surface area contributed by atoms with Crippen molar-refractivity contribution < 1.29 is 9.32 Å². The van der Waals surface area contributed by atoms with Gasteiger partial charge >= 0.3 is 0 Å². The number of rotatable bonds is 4. The van der Waals surface area contributed by atoms with E-state index in [0.717, 1.165) is 42.9 Å². The number of nitrogens with one attached hydrogen (secondary N) is 1. The highest BCUT2D eigenvalue weighted by atomic mass is 16.5. The lowest BCUT2D eigenvalue weighted by Crippen LogP contribution is -2.58. The summed E-state index contributed by atoms with van der Waals surface area (Å²) in [7, 11) is 0. The molecule has 0 aliphatic carbocycles. The number of amides is 1. The van der Waals surface area contributed by atoms with Crippen LogP contribution in [0.2, 0.25) is 0 Å². The van der Waals surface area contributed by atoms with Gasteiger partial charge in [-0.2, -0.15) is 0 Å². The second kappa shape index (κ2) is 6.39. The van der Waals surface area contributed by atoms with E-state index < -0.39 is 0 Å². The predicted octanol–water partition coefficient (Wildman–Crippen LogP) is 1.82. The molecule has 20 heavy (non-hydrogen) atoms. The van der Waals surface area contributed by atoms with Crippen molar-refractivity contribution in [3.05, 3.63) is 17.0 Å². The minimum atomic E-state index is 0.186. The topological polar surface area (TPSA) is 58.4 Å². The number of nitrogens with zero attached hydrogens (tertiary/aromatic N) is 2. The first-order valence-electron chi connectivity index (χ1n) is 7.51. The maximum absolute atomic E-state index is 12.6. The third-order valence-electron chi connectivity index (χ3n) is 4.29. The number of hydrogen-bond acceptors (Lipinski definition) is 4. The van der Waals surface area contributed by atoms with Crippen LogP contribution in [0.15, 0.2) is 4.52 Å². The van der Waals surface area contributed by atoms with Crippen LogP contribution >= 0.6 is 0 Å². The molecule has 2 rings (SSSR count). The first-order valence-corrected chi connectivity index (χ1v) is 7.51. The summed E-state index contributed by atoms with van der Waals surface area (Å²) in [6.45, 7) is 9.74. The third-order valence-corrected chi connectivity index (χ3v) is 4.29. The van der Waals surface area contributed by atoms with Crippen LogP contribution in [-0.2, 0) is 11.2 Å². The molecule has 2 heterocycles. The lowest BCUT2D eigenvalue weighted by Gasteiger charge is -2.40. The van der Waals surface area contributed by atoms with Gasteiger partial charge in [-0.05, 0) is 26.7 Å². The highest BCUT2D eigenvalue weighted by Crippen LogP contribution is 2.18. The number of aromatic nitrogens is 1. The van der Waals surface area contributed by atoms with Crippen molar-refractivity contribution in [2.45, 2.75) is 59.0 Å². The van der Waals surface area contributed by atoms with E-state index in [2.05, 4.69) is 24.3 Å². The molecule has 1 saturated heterocycles. The number of piperazine rings is 1. The SMILES string of the molecule is CCC1CN(C(=O)Cc2c(C)noc2C)C(CC)CN1. The molecule has 5 heteroatoms. The Morgan fingerprint density at radius 3 is 2.70 bits per heavy atom. The Bertz CT molecular complexity index is 450. The molecule has 1 aliphatic heterocycles. The van der Waals surface area contributed by atoms with E-state index in [0.29, 0.717) is 18.5 Å². The van der Waals surface area contributed by atoms with Crippen molar-refractivity contribution in [2.75, 3.05) is 13.1 Å². The van der Waals surface area contributed by atoms with Crippen molar-refractivity contribution >= 4 is 5.91 Å². The highest BCUT2D eigenvalue weighted by Gasteiger charge is 2.30. The Morgan fingerprint density at radius 2 is 2.15 bits per heavy atom. The zero-order valence-electron chi connectivity index (χ0n) is 12.9. The number of hydrogen-bond donors (Lipinski definition) is 1. The third kappa shape index (κ3) is 3.03. The fourth-order valence-electron chi connectivity index (χ4n) is 2.81. The lowest BCUT2D eigenvalue weighted by atomic mass is 10.0. The molecular weight excluding hydrogens is 254 g/mol. The summed E-state index contributed by atoms with van der Waals surface area (Å²) in [5.74, 6) is 0.942. The molecule has 5 nitrogen and oxygen atoms in total. The van der Waals surface area contributed by atoms with Gasteiger partial charge in [-0.25, -0.2) is 0 Å². The molecule has 0 aromatic carbocycles. The molecule has 1 aromatic rings. The summed E-state index contributed by atoms with van der Waals surface area (Å²) in [5, 5.41) is 7.44. The van der Waals surface area contributed by atoms with Crippen molar-refractivity contribution in [1.82, 2.24) is 15.4 Å². The van der Waals surface area contributed by atoms with Gasteiger partial charge < -0.3 is 14.7 Å². The van der Waals surface area contributed by atoms with Gasteiger partial charge in [0.15, 0.2) is 0 Å². The summed E-state index contributed by atoms with van der Waals surface area (Å²) < 4.78 is 5.15. The number of aryl methyl sites for hydroxylation is 2. The van der Waals surface area contributed by atoms with Gasteiger partial charge in [0.1, 0.15) is 5.76 Å². The van der Waals surface area contributed by atoms with Gasteiger partial charge in [0.05, 0.1) is 12.1 Å². The molecule has 2 unspecified atom stereocenters. The van der Waals surface area contributed by atoms with Crippen molar-refractivity contribution in [3.8, 4) is 0 Å². The molecule has 0 saturated carbocycles. The fourth-order valence-corrected chi connectivity index (χ4v) is 2.81. The second-order valence-electron chi connectivity index (χ2n) is 5.60. The van der Waals surface area contributed by atoms with E-state index in [1.807, 2.05) is 18.7 Å². The van der Waals surface area contributed by atoms with Crippen LogP contribution in [-0.4, -0.2) is 41.1 Å². The molecule has 112 valence electrons. The molecule has 2 atom stereocenters. The minimum absolute atomic E-state index is 0.186. The van der Waals surface area contributed by atoms with Crippen molar-refractivity contribution in [2.24, 2.45) is 0 Å². The van der Waals surface area contributed by atoms with Crippen LogP contribution in [0.1, 0.15) is 43.7 Å². The van der Waals surface area contributed by atoms with Gasteiger partial charge in [0.2, 0.25) is 5.91 Å². The maximum Gasteiger partial charge on any atom is 0.227 e.